The summed E-state index contributed by atoms with van der Waals surface area (Å²) in [6, 6.07) is 5.26. The molecular weight excluding hydrogens is 192 g/mol. The number of rotatable bonds is 4. The third-order valence-corrected chi connectivity index (χ3v) is 1.79. The molecule has 1 aromatic heterocycles. The van der Waals surface area contributed by atoms with Gasteiger partial charge in [-0.25, -0.2) is 0 Å². The van der Waals surface area contributed by atoms with Crippen LogP contribution in [-0.2, 0) is 4.79 Å². The SMILES string of the molecule is COc1cccc(NC(=O)CC(C)C)n1. The van der Waals surface area contributed by atoms with Crippen LogP contribution in [0.1, 0.15) is 20.3 Å². The van der Waals surface area contributed by atoms with Gasteiger partial charge in [0.05, 0.1) is 7.11 Å². The Kier molecular flexibility index (Phi) is 4.09. The fraction of sp³-hybridized carbons (Fsp3) is 0.455. The highest BCUT2D eigenvalue weighted by molar-refractivity contribution is 5.89. The summed E-state index contributed by atoms with van der Waals surface area (Å²) in [5.41, 5.74) is 0. The van der Waals surface area contributed by atoms with Gasteiger partial charge in [0.1, 0.15) is 5.82 Å². The molecule has 0 fully saturated rings. The molecule has 0 atom stereocenters. The van der Waals surface area contributed by atoms with Crippen LogP contribution in [0.4, 0.5) is 5.82 Å². The van der Waals surface area contributed by atoms with E-state index in [1.165, 1.54) is 0 Å². The molecule has 1 aromatic rings. The Morgan fingerprint density at radius 3 is 2.87 bits per heavy atom. The molecule has 1 amide bonds. The van der Waals surface area contributed by atoms with Gasteiger partial charge < -0.3 is 10.1 Å². The minimum absolute atomic E-state index is 0.0225. The first-order valence-corrected chi connectivity index (χ1v) is 4.92. The van der Waals surface area contributed by atoms with Crippen molar-refractivity contribution in [3.8, 4) is 5.88 Å². The molecule has 0 saturated carbocycles. The number of nitrogens with one attached hydrogen (secondary N) is 1. The van der Waals surface area contributed by atoms with Crippen LogP contribution in [-0.4, -0.2) is 18.0 Å². The number of amides is 1. The van der Waals surface area contributed by atoms with E-state index in [9.17, 15) is 4.79 Å². The molecule has 0 aliphatic rings. The molecule has 1 heterocycles. The standard InChI is InChI=1S/C11H16N2O2/c1-8(2)7-10(14)12-9-5-4-6-11(13-9)15-3/h4-6,8H,7H2,1-3H3,(H,12,13,14). The maximum atomic E-state index is 11.4. The highest BCUT2D eigenvalue weighted by Crippen LogP contribution is 2.11. The lowest BCUT2D eigenvalue weighted by Crippen LogP contribution is -2.14. The van der Waals surface area contributed by atoms with Crippen LogP contribution in [0.3, 0.4) is 0 Å². The maximum Gasteiger partial charge on any atom is 0.225 e. The van der Waals surface area contributed by atoms with Gasteiger partial charge in [0.2, 0.25) is 11.8 Å². The number of hydrogen-bond donors (Lipinski definition) is 1. The van der Waals surface area contributed by atoms with Crippen molar-refractivity contribution < 1.29 is 9.53 Å². The number of anilines is 1. The molecule has 0 saturated heterocycles. The van der Waals surface area contributed by atoms with Crippen molar-refractivity contribution in [2.45, 2.75) is 20.3 Å². The lowest BCUT2D eigenvalue weighted by Gasteiger charge is -2.07. The molecule has 0 aliphatic heterocycles. The summed E-state index contributed by atoms with van der Waals surface area (Å²) in [6.45, 7) is 4.00. The maximum absolute atomic E-state index is 11.4. The second-order valence-corrected chi connectivity index (χ2v) is 3.71. The van der Waals surface area contributed by atoms with E-state index in [0.717, 1.165) is 0 Å². The highest BCUT2D eigenvalue weighted by atomic mass is 16.5. The van der Waals surface area contributed by atoms with Crippen molar-refractivity contribution in [3.05, 3.63) is 18.2 Å². The predicted octanol–water partition coefficient (Wildman–Crippen LogP) is 2.07. The van der Waals surface area contributed by atoms with Gasteiger partial charge in [-0.15, -0.1) is 0 Å². The zero-order valence-electron chi connectivity index (χ0n) is 9.28. The zero-order valence-corrected chi connectivity index (χ0v) is 9.28. The number of hydrogen-bond acceptors (Lipinski definition) is 3. The summed E-state index contributed by atoms with van der Waals surface area (Å²) in [7, 11) is 1.54. The first kappa shape index (κ1) is 11.5. The van der Waals surface area contributed by atoms with Gasteiger partial charge in [-0.2, -0.15) is 4.98 Å². The molecule has 0 unspecified atom stereocenters. The summed E-state index contributed by atoms with van der Waals surface area (Å²) in [5.74, 6) is 1.35. The van der Waals surface area contributed by atoms with Crippen LogP contribution in [0.5, 0.6) is 5.88 Å². The zero-order chi connectivity index (χ0) is 11.3. The van der Waals surface area contributed by atoms with Gasteiger partial charge >= 0.3 is 0 Å². The smallest absolute Gasteiger partial charge is 0.225 e. The number of carbonyl (C=O) groups is 1. The van der Waals surface area contributed by atoms with Crippen LogP contribution >= 0.6 is 0 Å². The molecule has 82 valence electrons. The quantitative estimate of drug-likeness (QED) is 0.824. The minimum atomic E-state index is -0.0225. The molecule has 0 aliphatic carbocycles. The minimum Gasteiger partial charge on any atom is -0.481 e. The van der Waals surface area contributed by atoms with E-state index < -0.39 is 0 Å². The lowest BCUT2D eigenvalue weighted by molar-refractivity contribution is -0.116. The number of pyridine rings is 1. The van der Waals surface area contributed by atoms with Gasteiger partial charge in [-0.1, -0.05) is 19.9 Å². The normalized spacial score (nSPS) is 10.1. The fourth-order valence-corrected chi connectivity index (χ4v) is 1.16. The topological polar surface area (TPSA) is 51.2 Å². The molecule has 4 heteroatoms. The van der Waals surface area contributed by atoms with Crippen molar-refractivity contribution in [1.29, 1.82) is 0 Å². The second-order valence-electron chi connectivity index (χ2n) is 3.71. The monoisotopic (exact) mass is 208 g/mol. The third-order valence-electron chi connectivity index (χ3n) is 1.79. The van der Waals surface area contributed by atoms with E-state index in [2.05, 4.69) is 10.3 Å². The summed E-state index contributed by atoms with van der Waals surface area (Å²) >= 11 is 0. The summed E-state index contributed by atoms with van der Waals surface area (Å²) in [6.07, 6.45) is 0.499. The number of carbonyl (C=O) groups excluding carboxylic acids is 1. The van der Waals surface area contributed by atoms with Crippen LogP contribution in [0.25, 0.3) is 0 Å². The van der Waals surface area contributed by atoms with Crippen LogP contribution in [0.15, 0.2) is 18.2 Å². The molecule has 0 bridgehead atoms. The molecule has 15 heavy (non-hydrogen) atoms. The summed E-state index contributed by atoms with van der Waals surface area (Å²) in [5, 5.41) is 2.72. The number of aromatic nitrogens is 1. The Morgan fingerprint density at radius 2 is 2.27 bits per heavy atom. The van der Waals surface area contributed by atoms with E-state index in [1.54, 1.807) is 25.3 Å². The molecule has 0 radical (unpaired) electrons. The molecule has 4 nitrogen and oxygen atoms in total. The highest BCUT2D eigenvalue weighted by Gasteiger charge is 2.06. The van der Waals surface area contributed by atoms with Crippen molar-refractivity contribution in [1.82, 2.24) is 4.98 Å². The van der Waals surface area contributed by atoms with Crippen molar-refractivity contribution in [2.75, 3.05) is 12.4 Å². The van der Waals surface area contributed by atoms with E-state index in [4.69, 9.17) is 4.74 Å². The number of methoxy groups -OCH3 is 1. The Balaban J connectivity index is 2.60. The Morgan fingerprint density at radius 1 is 1.53 bits per heavy atom. The van der Waals surface area contributed by atoms with Crippen LogP contribution < -0.4 is 10.1 Å². The van der Waals surface area contributed by atoms with Gasteiger partial charge in [-0.05, 0) is 12.0 Å². The average molecular weight is 208 g/mol. The van der Waals surface area contributed by atoms with Gasteiger partial charge in [0.15, 0.2) is 0 Å². The predicted molar refractivity (Wildman–Crippen MR) is 58.9 cm³/mol. The molecule has 0 spiro atoms. The molecule has 1 rings (SSSR count). The molecule has 0 aromatic carbocycles. The Hall–Kier alpha value is -1.58. The van der Waals surface area contributed by atoms with Crippen LogP contribution in [0, 0.1) is 5.92 Å². The second kappa shape index (κ2) is 5.34. The van der Waals surface area contributed by atoms with Crippen molar-refractivity contribution >= 4 is 11.7 Å². The van der Waals surface area contributed by atoms with Crippen molar-refractivity contribution in [3.63, 3.8) is 0 Å². The number of nitrogens with zero attached hydrogens (tertiary/aromatic N) is 1. The van der Waals surface area contributed by atoms with Crippen LogP contribution in [0.2, 0.25) is 0 Å². The molecular formula is C11H16N2O2. The summed E-state index contributed by atoms with van der Waals surface area (Å²) in [4.78, 5) is 15.5. The van der Waals surface area contributed by atoms with E-state index in [0.29, 0.717) is 24.0 Å². The van der Waals surface area contributed by atoms with E-state index in [1.807, 2.05) is 13.8 Å². The third kappa shape index (κ3) is 3.97. The van der Waals surface area contributed by atoms with E-state index in [-0.39, 0.29) is 5.91 Å². The average Bonchev–Trinajstić information content (AvgIpc) is 2.16. The van der Waals surface area contributed by atoms with Crippen molar-refractivity contribution in [2.24, 2.45) is 5.92 Å². The van der Waals surface area contributed by atoms with Gasteiger partial charge in [0.25, 0.3) is 0 Å². The fourth-order valence-electron chi connectivity index (χ4n) is 1.16. The van der Waals surface area contributed by atoms with Gasteiger partial charge in [-0.3, -0.25) is 4.79 Å². The van der Waals surface area contributed by atoms with E-state index >= 15 is 0 Å². The first-order valence-electron chi connectivity index (χ1n) is 4.92. The van der Waals surface area contributed by atoms with Gasteiger partial charge in [0, 0.05) is 12.5 Å². The lowest BCUT2D eigenvalue weighted by atomic mass is 10.1. The largest absolute Gasteiger partial charge is 0.481 e. The number of ether oxygens (including phenoxy) is 1. The molecule has 1 N–H and O–H groups in total. The Bertz CT molecular complexity index is 337. The first-order chi connectivity index (χ1) is 7.11. The Labute approximate surface area is 89.7 Å². The summed E-state index contributed by atoms with van der Waals surface area (Å²) < 4.78 is 4.96.